The minimum atomic E-state index is 0.0711. The van der Waals surface area contributed by atoms with Crippen LogP contribution in [0.2, 0.25) is 0 Å². The summed E-state index contributed by atoms with van der Waals surface area (Å²) in [4.78, 5) is 12.0. The van der Waals surface area contributed by atoms with Crippen LogP contribution in [0.3, 0.4) is 0 Å². The molecule has 1 aromatic heterocycles. The molecule has 0 bridgehead atoms. The van der Waals surface area contributed by atoms with Crippen molar-refractivity contribution in [3.05, 3.63) is 65.5 Å². The molecule has 0 unspecified atom stereocenters. The number of benzene rings is 1. The van der Waals surface area contributed by atoms with Crippen LogP contribution in [0.25, 0.3) is 0 Å². The highest BCUT2D eigenvalue weighted by Crippen LogP contribution is 2.01. The number of rotatable bonds is 6. The monoisotopic (exact) mass is 283 g/mol. The van der Waals surface area contributed by atoms with Gasteiger partial charge in [-0.25, -0.2) is 0 Å². The highest BCUT2D eigenvalue weighted by atomic mass is 16.1. The molecule has 2 rings (SSSR count). The van der Waals surface area contributed by atoms with E-state index in [1.807, 2.05) is 42.0 Å². The first kappa shape index (κ1) is 15.2. The summed E-state index contributed by atoms with van der Waals surface area (Å²) in [5.41, 5.74) is 3.65. The Balaban J connectivity index is 1.74. The van der Waals surface area contributed by atoms with Gasteiger partial charge in [-0.1, -0.05) is 30.3 Å². The zero-order valence-corrected chi connectivity index (χ0v) is 12.8. The van der Waals surface area contributed by atoms with E-state index >= 15 is 0 Å². The van der Waals surface area contributed by atoms with Crippen molar-refractivity contribution in [2.45, 2.75) is 33.2 Å². The second-order valence-corrected chi connectivity index (χ2v) is 5.34. The molecule has 0 fully saturated rings. The number of carbonyl (C=O) groups is 1. The smallest absolute Gasteiger partial charge is 0.286 e. The Morgan fingerprint density at radius 2 is 1.86 bits per heavy atom. The standard InChI is InChI=1S/C18H22N2O/c1-15-8-7-13-20(16(15)2)14-18(21)19-12-6-11-17-9-4-3-5-10-17/h3-5,7-10,13H,6,11-12,14H2,1-2H3/p+1. The Kier molecular flexibility index (Phi) is 5.50. The molecule has 110 valence electrons. The third-order valence-electron chi connectivity index (χ3n) is 3.73. The van der Waals surface area contributed by atoms with E-state index in [0.717, 1.165) is 25.1 Å². The number of nitrogens with zero attached hydrogens (tertiary/aromatic N) is 1. The van der Waals surface area contributed by atoms with Gasteiger partial charge >= 0.3 is 0 Å². The fourth-order valence-corrected chi connectivity index (χ4v) is 2.30. The molecule has 1 aromatic carbocycles. The lowest BCUT2D eigenvalue weighted by molar-refractivity contribution is -0.690. The highest BCUT2D eigenvalue weighted by Gasteiger charge is 2.12. The van der Waals surface area contributed by atoms with Gasteiger partial charge in [0.15, 0.2) is 11.9 Å². The van der Waals surface area contributed by atoms with Gasteiger partial charge in [0.25, 0.3) is 5.91 Å². The molecular weight excluding hydrogens is 260 g/mol. The van der Waals surface area contributed by atoms with Crippen LogP contribution in [0.1, 0.15) is 23.2 Å². The molecular formula is C18H23N2O+. The van der Waals surface area contributed by atoms with Crippen LogP contribution < -0.4 is 9.88 Å². The number of amides is 1. The molecule has 0 aliphatic rings. The fraction of sp³-hybridized carbons (Fsp3) is 0.333. The molecule has 3 heteroatoms. The van der Waals surface area contributed by atoms with E-state index in [-0.39, 0.29) is 5.91 Å². The van der Waals surface area contributed by atoms with Crippen LogP contribution in [0.15, 0.2) is 48.7 Å². The Hall–Kier alpha value is -2.16. The Labute approximate surface area is 126 Å². The zero-order valence-electron chi connectivity index (χ0n) is 12.8. The summed E-state index contributed by atoms with van der Waals surface area (Å²) >= 11 is 0. The molecule has 21 heavy (non-hydrogen) atoms. The Bertz CT molecular complexity index is 593. The van der Waals surface area contributed by atoms with E-state index in [4.69, 9.17) is 0 Å². The quantitative estimate of drug-likeness (QED) is 0.640. The van der Waals surface area contributed by atoms with Crippen molar-refractivity contribution in [2.24, 2.45) is 0 Å². The first-order chi connectivity index (χ1) is 10.2. The topological polar surface area (TPSA) is 33.0 Å². The average Bonchev–Trinajstić information content (AvgIpc) is 2.49. The van der Waals surface area contributed by atoms with Gasteiger partial charge in [-0.05, 0) is 31.4 Å². The summed E-state index contributed by atoms with van der Waals surface area (Å²) in [6.45, 7) is 5.21. The highest BCUT2D eigenvalue weighted by molar-refractivity contribution is 5.74. The SMILES string of the molecule is Cc1ccc[n+](CC(=O)NCCCc2ccccc2)c1C. The van der Waals surface area contributed by atoms with E-state index < -0.39 is 0 Å². The number of aromatic nitrogens is 1. The lowest BCUT2D eigenvalue weighted by Gasteiger charge is -2.05. The van der Waals surface area contributed by atoms with Crippen LogP contribution in [-0.4, -0.2) is 12.5 Å². The van der Waals surface area contributed by atoms with Crippen molar-refractivity contribution in [1.29, 1.82) is 0 Å². The minimum absolute atomic E-state index is 0.0711. The van der Waals surface area contributed by atoms with Gasteiger partial charge in [-0.3, -0.25) is 4.79 Å². The predicted molar refractivity (Wildman–Crippen MR) is 83.9 cm³/mol. The van der Waals surface area contributed by atoms with Crippen LogP contribution in [0.4, 0.5) is 0 Å². The Morgan fingerprint density at radius 3 is 2.62 bits per heavy atom. The molecule has 0 aliphatic heterocycles. The number of carbonyl (C=O) groups excluding carboxylic acids is 1. The first-order valence-corrected chi connectivity index (χ1v) is 7.43. The van der Waals surface area contributed by atoms with Gasteiger partial charge in [-0.15, -0.1) is 0 Å². The molecule has 1 amide bonds. The summed E-state index contributed by atoms with van der Waals surface area (Å²) in [5.74, 6) is 0.0711. The molecule has 0 atom stereocenters. The summed E-state index contributed by atoms with van der Waals surface area (Å²) in [6.07, 6.45) is 3.91. The summed E-state index contributed by atoms with van der Waals surface area (Å²) in [7, 11) is 0. The lowest BCUT2D eigenvalue weighted by Crippen LogP contribution is -2.45. The van der Waals surface area contributed by atoms with Gasteiger partial charge in [0.05, 0.1) is 0 Å². The third kappa shape index (κ3) is 4.71. The zero-order chi connectivity index (χ0) is 15.1. The maximum Gasteiger partial charge on any atom is 0.286 e. The summed E-state index contributed by atoms with van der Waals surface area (Å²) in [5, 5.41) is 2.99. The predicted octanol–water partition coefficient (Wildman–Crippen LogP) is 2.34. The van der Waals surface area contributed by atoms with Gasteiger partial charge in [-0.2, -0.15) is 4.57 Å². The van der Waals surface area contributed by atoms with Gasteiger partial charge < -0.3 is 5.32 Å². The van der Waals surface area contributed by atoms with Crippen molar-refractivity contribution in [2.75, 3.05) is 6.54 Å². The van der Waals surface area contributed by atoms with Gasteiger partial charge in [0.2, 0.25) is 6.54 Å². The summed E-state index contributed by atoms with van der Waals surface area (Å²) in [6, 6.07) is 14.4. The van der Waals surface area contributed by atoms with Crippen LogP contribution in [0.5, 0.6) is 0 Å². The van der Waals surface area contributed by atoms with Crippen molar-refractivity contribution < 1.29 is 9.36 Å². The van der Waals surface area contributed by atoms with Crippen molar-refractivity contribution in [1.82, 2.24) is 5.32 Å². The molecule has 0 spiro atoms. The van der Waals surface area contributed by atoms with Crippen LogP contribution in [0, 0.1) is 13.8 Å². The second-order valence-electron chi connectivity index (χ2n) is 5.34. The van der Waals surface area contributed by atoms with Gasteiger partial charge in [0.1, 0.15) is 0 Å². The minimum Gasteiger partial charge on any atom is -0.351 e. The molecule has 1 N–H and O–H groups in total. The molecule has 1 heterocycles. The third-order valence-corrected chi connectivity index (χ3v) is 3.73. The summed E-state index contributed by atoms with van der Waals surface area (Å²) < 4.78 is 1.99. The molecule has 0 saturated carbocycles. The van der Waals surface area contributed by atoms with E-state index in [1.165, 1.54) is 11.1 Å². The molecule has 0 radical (unpaired) electrons. The van der Waals surface area contributed by atoms with E-state index in [1.54, 1.807) is 0 Å². The number of hydrogen-bond acceptors (Lipinski definition) is 1. The maximum absolute atomic E-state index is 12.0. The largest absolute Gasteiger partial charge is 0.351 e. The van der Waals surface area contributed by atoms with Crippen LogP contribution >= 0.6 is 0 Å². The fourth-order valence-electron chi connectivity index (χ4n) is 2.30. The Morgan fingerprint density at radius 1 is 1.10 bits per heavy atom. The van der Waals surface area contributed by atoms with Crippen LogP contribution in [-0.2, 0) is 17.8 Å². The van der Waals surface area contributed by atoms with Crippen molar-refractivity contribution >= 4 is 5.91 Å². The molecule has 0 aliphatic carbocycles. The number of hydrogen-bond donors (Lipinski definition) is 1. The number of pyridine rings is 1. The van der Waals surface area contributed by atoms with Crippen molar-refractivity contribution in [3.63, 3.8) is 0 Å². The first-order valence-electron chi connectivity index (χ1n) is 7.43. The normalized spacial score (nSPS) is 10.4. The van der Waals surface area contributed by atoms with Gasteiger partial charge in [0, 0.05) is 25.1 Å². The van der Waals surface area contributed by atoms with E-state index in [0.29, 0.717) is 6.54 Å². The van der Waals surface area contributed by atoms with E-state index in [9.17, 15) is 4.79 Å². The lowest BCUT2D eigenvalue weighted by atomic mass is 10.1. The molecule has 3 nitrogen and oxygen atoms in total. The van der Waals surface area contributed by atoms with E-state index in [2.05, 4.69) is 30.4 Å². The van der Waals surface area contributed by atoms with Crippen molar-refractivity contribution in [3.8, 4) is 0 Å². The maximum atomic E-state index is 12.0. The average molecular weight is 283 g/mol. The second kappa shape index (κ2) is 7.58. The number of aryl methyl sites for hydroxylation is 2. The molecule has 2 aromatic rings. The molecule has 0 saturated heterocycles. The number of nitrogens with one attached hydrogen (secondary N) is 1.